The lowest BCUT2D eigenvalue weighted by Crippen LogP contribution is -2.53. The van der Waals surface area contributed by atoms with E-state index < -0.39 is 6.04 Å². The Morgan fingerprint density at radius 2 is 2.45 bits per heavy atom. The molecule has 1 aromatic rings. The van der Waals surface area contributed by atoms with Crippen LogP contribution >= 0.6 is 0 Å². The van der Waals surface area contributed by atoms with E-state index in [2.05, 4.69) is 17.2 Å². The highest BCUT2D eigenvalue weighted by molar-refractivity contribution is 5.83. The average molecular weight is 278 g/mol. The molecular formula is C14H22N4O2. The van der Waals surface area contributed by atoms with Gasteiger partial charge >= 0.3 is 0 Å². The van der Waals surface area contributed by atoms with E-state index in [1.165, 1.54) is 0 Å². The fourth-order valence-electron chi connectivity index (χ4n) is 2.21. The largest absolute Gasteiger partial charge is 0.377 e. The number of amides is 1. The first-order valence-corrected chi connectivity index (χ1v) is 7.01. The zero-order chi connectivity index (χ0) is 14.4. The number of aromatic nitrogens is 1. The maximum atomic E-state index is 11.4. The van der Waals surface area contributed by atoms with Crippen molar-refractivity contribution in [2.75, 3.05) is 31.2 Å². The van der Waals surface area contributed by atoms with E-state index in [0.29, 0.717) is 19.8 Å². The Hall–Kier alpha value is -1.66. The molecule has 1 aromatic heterocycles. The highest BCUT2D eigenvalue weighted by Crippen LogP contribution is 2.17. The van der Waals surface area contributed by atoms with Gasteiger partial charge in [-0.1, -0.05) is 13.0 Å². The first-order valence-electron chi connectivity index (χ1n) is 7.01. The summed E-state index contributed by atoms with van der Waals surface area (Å²) in [6.07, 6.45) is 2.95. The second-order valence-corrected chi connectivity index (χ2v) is 4.89. The number of rotatable bonds is 6. The second kappa shape index (κ2) is 7.21. The Morgan fingerprint density at radius 1 is 1.60 bits per heavy atom. The van der Waals surface area contributed by atoms with Crippen LogP contribution in [0, 0.1) is 0 Å². The van der Waals surface area contributed by atoms with Crippen molar-refractivity contribution in [3.63, 3.8) is 0 Å². The number of hydrogen-bond donors (Lipinski definition) is 2. The molecule has 1 saturated heterocycles. The summed E-state index contributed by atoms with van der Waals surface area (Å²) in [6, 6.07) is 3.53. The fourth-order valence-corrected chi connectivity index (χ4v) is 2.21. The molecule has 1 fully saturated rings. The molecule has 1 amide bonds. The van der Waals surface area contributed by atoms with E-state index in [9.17, 15) is 4.79 Å². The molecule has 2 rings (SSSR count). The molecule has 0 aromatic carbocycles. The third kappa shape index (κ3) is 3.68. The zero-order valence-corrected chi connectivity index (χ0v) is 11.8. The summed E-state index contributed by atoms with van der Waals surface area (Å²) in [7, 11) is 0. The number of nitrogens with zero attached hydrogens (tertiary/aromatic N) is 2. The smallest absolute Gasteiger partial charge is 0.242 e. The molecule has 110 valence electrons. The number of morpholine rings is 1. The summed E-state index contributed by atoms with van der Waals surface area (Å²) in [5.74, 6) is 0.400. The van der Waals surface area contributed by atoms with Crippen LogP contribution in [0.3, 0.4) is 0 Å². The lowest BCUT2D eigenvalue weighted by atomic mass is 10.2. The lowest BCUT2D eigenvalue weighted by Gasteiger charge is -2.34. The monoisotopic (exact) mass is 278 g/mol. The summed E-state index contributed by atoms with van der Waals surface area (Å²) >= 11 is 0. The lowest BCUT2D eigenvalue weighted by molar-refractivity contribution is -0.121. The number of ether oxygens (including phenoxy) is 1. The molecule has 20 heavy (non-hydrogen) atoms. The number of nitrogens with two attached hydrogens (primary N) is 1. The third-order valence-electron chi connectivity index (χ3n) is 3.32. The van der Waals surface area contributed by atoms with Gasteiger partial charge in [0.15, 0.2) is 0 Å². The van der Waals surface area contributed by atoms with Gasteiger partial charge in [0.2, 0.25) is 5.91 Å². The van der Waals surface area contributed by atoms with Gasteiger partial charge in [-0.25, -0.2) is 4.98 Å². The minimum Gasteiger partial charge on any atom is -0.377 e. The van der Waals surface area contributed by atoms with Crippen LogP contribution in [0.5, 0.6) is 0 Å². The van der Waals surface area contributed by atoms with Crippen molar-refractivity contribution in [3.05, 3.63) is 23.9 Å². The number of anilines is 1. The van der Waals surface area contributed by atoms with Gasteiger partial charge in [-0.15, -0.1) is 0 Å². The predicted molar refractivity (Wildman–Crippen MR) is 77.4 cm³/mol. The molecule has 1 atom stereocenters. The topological polar surface area (TPSA) is 80.5 Å². The third-order valence-corrected chi connectivity index (χ3v) is 3.32. The Balaban J connectivity index is 2.02. The number of carbonyl (C=O) groups is 1. The van der Waals surface area contributed by atoms with Crippen LogP contribution < -0.4 is 16.0 Å². The van der Waals surface area contributed by atoms with E-state index in [1.807, 2.05) is 23.2 Å². The minimum atomic E-state index is -0.430. The molecule has 0 bridgehead atoms. The number of pyridine rings is 1. The molecule has 0 spiro atoms. The van der Waals surface area contributed by atoms with Crippen LogP contribution in [0.25, 0.3) is 0 Å². The van der Waals surface area contributed by atoms with Gasteiger partial charge in [-0.3, -0.25) is 4.79 Å². The van der Waals surface area contributed by atoms with Crippen molar-refractivity contribution in [3.8, 4) is 0 Å². The van der Waals surface area contributed by atoms with E-state index >= 15 is 0 Å². The predicted octanol–water partition coefficient (Wildman–Crippen LogP) is 0.272. The van der Waals surface area contributed by atoms with Crippen LogP contribution in [-0.2, 0) is 16.1 Å². The first kappa shape index (κ1) is 14.7. The van der Waals surface area contributed by atoms with Crippen molar-refractivity contribution in [1.29, 1.82) is 0 Å². The quantitative estimate of drug-likeness (QED) is 0.730. The minimum absolute atomic E-state index is 0.330. The standard InChI is InChI=1S/C14H22N4O2/c1-2-5-16-8-11-3-4-13(17-9-11)18-6-7-20-10-12(18)14(15)19/h3-4,9,12,16H,2,5-8,10H2,1H3,(H2,15,19). The van der Waals surface area contributed by atoms with Crippen LogP contribution in [0.1, 0.15) is 18.9 Å². The average Bonchev–Trinajstić information content (AvgIpc) is 2.48. The maximum Gasteiger partial charge on any atom is 0.242 e. The van der Waals surface area contributed by atoms with Gasteiger partial charge in [-0.05, 0) is 24.6 Å². The van der Waals surface area contributed by atoms with Crippen LogP contribution in [-0.4, -0.2) is 43.2 Å². The Labute approximate surface area is 119 Å². The molecule has 2 heterocycles. The summed E-state index contributed by atoms with van der Waals surface area (Å²) in [5, 5.41) is 3.33. The van der Waals surface area contributed by atoms with Gasteiger partial charge in [0, 0.05) is 19.3 Å². The molecule has 1 aliphatic heterocycles. The van der Waals surface area contributed by atoms with Crippen molar-refractivity contribution >= 4 is 11.7 Å². The molecule has 3 N–H and O–H groups in total. The molecule has 6 nitrogen and oxygen atoms in total. The zero-order valence-electron chi connectivity index (χ0n) is 11.8. The van der Waals surface area contributed by atoms with Gasteiger partial charge in [0.25, 0.3) is 0 Å². The Kier molecular flexibility index (Phi) is 5.31. The Morgan fingerprint density at radius 3 is 3.10 bits per heavy atom. The van der Waals surface area contributed by atoms with Crippen molar-refractivity contribution in [2.24, 2.45) is 5.73 Å². The van der Waals surface area contributed by atoms with Crippen LogP contribution in [0.4, 0.5) is 5.82 Å². The van der Waals surface area contributed by atoms with Crippen molar-refractivity contribution in [1.82, 2.24) is 10.3 Å². The highest BCUT2D eigenvalue weighted by atomic mass is 16.5. The SMILES string of the molecule is CCCNCc1ccc(N2CCOCC2C(N)=O)nc1. The number of carbonyl (C=O) groups excluding carboxylic acids is 1. The summed E-state index contributed by atoms with van der Waals surface area (Å²) in [6.45, 7) is 5.49. The molecule has 6 heteroatoms. The second-order valence-electron chi connectivity index (χ2n) is 4.89. The van der Waals surface area contributed by atoms with Gasteiger partial charge in [0.05, 0.1) is 13.2 Å². The molecular weight excluding hydrogens is 256 g/mol. The fraction of sp³-hybridized carbons (Fsp3) is 0.571. The molecule has 1 aliphatic rings. The summed E-state index contributed by atoms with van der Waals surface area (Å²) in [4.78, 5) is 17.8. The van der Waals surface area contributed by atoms with E-state index in [4.69, 9.17) is 10.5 Å². The van der Waals surface area contributed by atoms with Gasteiger partial charge < -0.3 is 20.7 Å². The van der Waals surface area contributed by atoms with Gasteiger partial charge in [0.1, 0.15) is 11.9 Å². The number of hydrogen-bond acceptors (Lipinski definition) is 5. The van der Waals surface area contributed by atoms with Crippen molar-refractivity contribution in [2.45, 2.75) is 25.9 Å². The van der Waals surface area contributed by atoms with Crippen LogP contribution in [0.2, 0.25) is 0 Å². The molecule has 0 aliphatic carbocycles. The van der Waals surface area contributed by atoms with Gasteiger partial charge in [-0.2, -0.15) is 0 Å². The molecule has 1 unspecified atom stereocenters. The molecule has 0 saturated carbocycles. The van der Waals surface area contributed by atoms with E-state index in [0.717, 1.165) is 30.9 Å². The summed E-state index contributed by atoms with van der Waals surface area (Å²) < 4.78 is 5.30. The van der Waals surface area contributed by atoms with Crippen molar-refractivity contribution < 1.29 is 9.53 Å². The normalized spacial score (nSPS) is 19.1. The maximum absolute atomic E-state index is 11.4. The summed E-state index contributed by atoms with van der Waals surface area (Å²) in [5.41, 5.74) is 6.54. The molecule has 0 radical (unpaired) electrons. The Bertz CT molecular complexity index is 435. The van der Waals surface area contributed by atoms with E-state index in [1.54, 1.807) is 0 Å². The number of primary amides is 1. The van der Waals surface area contributed by atoms with Crippen LogP contribution in [0.15, 0.2) is 18.3 Å². The number of nitrogens with one attached hydrogen (secondary N) is 1. The highest BCUT2D eigenvalue weighted by Gasteiger charge is 2.28. The van der Waals surface area contributed by atoms with E-state index in [-0.39, 0.29) is 5.91 Å². The first-order chi connectivity index (χ1) is 9.72.